The van der Waals surface area contributed by atoms with E-state index in [1.807, 2.05) is 0 Å². The Morgan fingerprint density at radius 2 is 2.00 bits per heavy atom. The summed E-state index contributed by atoms with van der Waals surface area (Å²) in [5.74, 6) is -2.15. The van der Waals surface area contributed by atoms with E-state index in [1.54, 1.807) is 0 Å². The van der Waals surface area contributed by atoms with Crippen LogP contribution in [-0.4, -0.2) is 21.5 Å². The van der Waals surface area contributed by atoms with Crippen LogP contribution in [0, 0.1) is 11.6 Å². The highest BCUT2D eigenvalue weighted by Gasteiger charge is 2.14. The summed E-state index contributed by atoms with van der Waals surface area (Å²) in [6.45, 7) is 0.246. The third-order valence-corrected chi connectivity index (χ3v) is 3.16. The van der Waals surface area contributed by atoms with Crippen molar-refractivity contribution >= 4 is 10.0 Å². The molecule has 0 aliphatic carbocycles. The lowest BCUT2D eigenvalue weighted by atomic mass is 10.2. The van der Waals surface area contributed by atoms with Crippen molar-refractivity contribution in [2.75, 3.05) is 13.1 Å². The molecule has 0 fully saturated rings. The molecule has 0 aliphatic rings. The first-order valence-corrected chi connectivity index (χ1v) is 6.21. The fourth-order valence-electron chi connectivity index (χ4n) is 1.11. The van der Waals surface area contributed by atoms with E-state index in [4.69, 9.17) is 5.73 Å². The number of hydrogen-bond acceptors (Lipinski definition) is 3. The first-order chi connectivity index (χ1) is 7.44. The monoisotopic (exact) mass is 250 g/mol. The van der Waals surface area contributed by atoms with Crippen molar-refractivity contribution in [3.8, 4) is 0 Å². The van der Waals surface area contributed by atoms with Crippen LogP contribution in [-0.2, 0) is 15.8 Å². The average molecular weight is 250 g/mol. The van der Waals surface area contributed by atoms with E-state index in [0.717, 1.165) is 12.1 Å². The van der Waals surface area contributed by atoms with Crippen molar-refractivity contribution in [1.29, 1.82) is 0 Å². The lowest BCUT2D eigenvalue weighted by Crippen LogP contribution is -2.30. The second-order valence-corrected chi connectivity index (χ2v) is 4.98. The van der Waals surface area contributed by atoms with Gasteiger partial charge in [0.05, 0.1) is 5.75 Å². The molecular weight excluding hydrogens is 238 g/mol. The van der Waals surface area contributed by atoms with Gasteiger partial charge in [-0.2, -0.15) is 0 Å². The minimum Gasteiger partial charge on any atom is -0.329 e. The van der Waals surface area contributed by atoms with E-state index in [9.17, 15) is 17.2 Å². The second kappa shape index (κ2) is 5.33. The standard InChI is InChI=1S/C9H12F2N2O2S/c10-8-2-1-7(9(11)5-8)6-16(14,15)13-4-3-12/h1-2,5,13H,3-4,6,12H2. The van der Waals surface area contributed by atoms with Crippen molar-refractivity contribution in [2.24, 2.45) is 5.73 Å². The SMILES string of the molecule is NCCNS(=O)(=O)Cc1ccc(F)cc1F. The Kier molecular flexibility index (Phi) is 4.34. The number of benzene rings is 1. The van der Waals surface area contributed by atoms with E-state index < -0.39 is 27.4 Å². The van der Waals surface area contributed by atoms with Crippen LogP contribution < -0.4 is 10.5 Å². The number of rotatable bonds is 5. The minimum atomic E-state index is -3.62. The van der Waals surface area contributed by atoms with Gasteiger partial charge in [-0.15, -0.1) is 0 Å². The molecule has 1 rings (SSSR count). The fraction of sp³-hybridized carbons (Fsp3) is 0.333. The van der Waals surface area contributed by atoms with E-state index in [-0.39, 0.29) is 18.7 Å². The van der Waals surface area contributed by atoms with Crippen molar-refractivity contribution in [3.63, 3.8) is 0 Å². The van der Waals surface area contributed by atoms with E-state index in [0.29, 0.717) is 6.07 Å². The van der Waals surface area contributed by atoms with Crippen LogP contribution in [0.15, 0.2) is 18.2 Å². The van der Waals surface area contributed by atoms with Crippen LogP contribution in [0.3, 0.4) is 0 Å². The molecular formula is C9H12F2N2O2S. The molecule has 0 radical (unpaired) electrons. The zero-order chi connectivity index (χ0) is 12.2. The molecule has 0 unspecified atom stereocenters. The largest absolute Gasteiger partial charge is 0.329 e. The fourth-order valence-corrected chi connectivity index (χ4v) is 2.28. The average Bonchev–Trinajstić information content (AvgIpc) is 2.19. The number of hydrogen-bond donors (Lipinski definition) is 2. The predicted molar refractivity (Wildman–Crippen MR) is 56.0 cm³/mol. The van der Waals surface area contributed by atoms with Crippen molar-refractivity contribution in [2.45, 2.75) is 5.75 Å². The minimum absolute atomic E-state index is 0.0779. The first kappa shape index (κ1) is 13.0. The molecule has 0 aromatic heterocycles. The molecule has 0 atom stereocenters. The maximum absolute atomic E-state index is 13.1. The molecule has 3 N–H and O–H groups in total. The zero-order valence-corrected chi connectivity index (χ0v) is 9.23. The Morgan fingerprint density at radius 3 is 2.56 bits per heavy atom. The molecule has 1 aromatic rings. The van der Waals surface area contributed by atoms with Gasteiger partial charge in [-0.25, -0.2) is 21.9 Å². The highest BCUT2D eigenvalue weighted by Crippen LogP contribution is 2.12. The molecule has 4 nitrogen and oxygen atoms in total. The van der Waals surface area contributed by atoms with Crippen LogP contribution in [0.25, 0.3) is 0 Å². The van der Waals surface area contributed by atoms with E-state index >= 15 is 0 Å². The highest BCUT2D eigenvalue weighted by molar-refractivity contribution is 7.88. The smallest absolute Gasteiger partial charge is 0.215 e. The van der Waals surface area contributed by atoms with Crippen molar-refractivity contribution < 1.29 is 17.2 Å². The van der Waals surface area contributed by atoms with Gasteiger partial charge in [-0.1, -0.05) is 6.07 Å². The number of nitrogens with one attached hydrogen (secondary N) is 1. The maximum atomic E-state index is 13.1. The lowest BCUT2D eigenvalue weighted by molar-refractivity contribution is 0.564. The lowest BCUT2D eigenvalue weighted by Gasteiger charge is -2.06. The number of sulfonamides is 1. The zero-order valence-electron chi connectivity index (χ0n) is 8.41. The van der Waals surface area contributed by atoms with Gasteiger partial charge in [0.2, 0.25) is 10.0 Å². The third-order valence-electron chi connectivity index (χ3n) is 1.83. The summed E-state index contributed by atoms with van der Waals surface area (Å²) in [5, 5.41) is 0. The van der Waals surface area contributed by atoms with Crippen LogP contribution in [0.2, 0.25) is 0 Å². The summed E-state index contributed by atoms with van der Waals surface area (Å²) < 4.78 is 50.6. The summed E-state index contributed by atoms with van der Waals surface area (Å²) in [5.41, 5.74) is 5.05. The van der Waals surface area contributed by atoms with Crippen LogP contribution in [0.4, 0.5) is 8.78 Å². The van der Waals surface area contributed by atoms with E-state index in [2.05, 4.69) is 4.72 Å². The molecule has 0 bridgehead atoms. The molecule has 0 aliphatic heterocycles. The third kappa shape index (κ3) is 3.84. The quantitative estimate of drug-likeness (QED) is 0.791. The molecule has 7 heteroatoms. The highest BCUT2D eigenvalue weighted by atomic mass is 32.2. The molecule has 0 heterocycles. The maximum Gasteiger partial charge on any atom is 0.215 e. The van der Waals surface area contributed by atoms with E-state index in [1.165, 1.54) is 0 Å². The Hall–Kier alpha value is -1.05. The molecule has 0 saturated heterocycles. The van der Waals surface area contributed by atoms with Crippen LogP contribution in [0.5, 0.6) is 0 Å². The van der Waals surface area contributed by atoms with Crippen LogP contribution >= 0.6 is 0 Å². The number of halogens is 2. The predicted octanol–water partition coefficient (Wildman–Crippen LogP) is 0.343. The molecule has 0 spiro atoms. The van der Waals surface area contributed by atoms with Gasteiger partial charge in [-0.3, -0.25) is 0 Å². The molecule has 16 heavy (non-hydrogen) atoms. The van der Waals surface area contributed by atoms with Gasteiger partial charge in [0.25, 0.3) is 0 Å². The number of nitrogens with two attached hydrogens (primary N) is 1. The Balaban J connectivity index is 2.80. The van der Waals surface area contributed by atoms with Crippen molar-refractivity contribution in [1.82, 2.24) is 4.72 Å². The summed E-state index contributed by atoms with van der Waals surface area (Å²) in [4.78, 5) is 0. The first-order valence-electron chi connectivity index (χ1n) is 4.56. The normalized spacial score (nSPS) is 11.7. The molecule has 0 saturated carbocycles. The van der Waals surface area contributed by atoms with Gasteiger partial charge in [0, 0.05) is 24.7 Å². The molecule has 90 valence electrons. The Morgan fingerprint density at radius 1 is 1.31 bits per heavy atom. The van der Waals surface area contributed by atoms with Gasteiger partial charge in [0.15, 0.2) is 0 Å². The molecule has 0 amide bonds. The van der Waals surface area contributed by atoms with Gasteiger partial charge >= 0.3 is 0 Å². The summed E-state index contributed by atoms with van der Waals surface area (Å²) in [6.07, 6.45) is 0. The summed E-state index contributed by atoms with van der Waals surface area (Å²) in [6, 6.07) is 2.76. The van der Waals surface area contributed by atoms with Crippen molar-refractivity contribution in [3.05, 3.63) is 35.4 Å². The summed E-state index contributed by atoms with van der Waals surface area (Å²) >= 11 is 0. The Labute approximate surface area is 92.5 Å². The van der Waals surface area contributed by atoms with Crippen LogP contribution in [0.1, 0.15) is 5.56 Å². The van der Waals surface area contributed by atoms with Gasteiger partial charge < -0.3 is 5.73 Å². The van der Waals surface area contributed by atoms with Gasteiger partial charge in [0.1, 0.15) is 11.6 Å². The molecule has 1 aromatic carbocycles. The topological polar surface area (TPSA) is 72.2 Å². The second-order valence-electron chi connectivity index (χ2n) is 3.18. The Bertz CT molecular complexity index is 463. The van der Waals surface area contributed by atoms with Gasteiger partial charge in [-0.05, 0) is 6.07 Å². The summed E-state index contributed by atoms with van der Waals surface area (Å²) in [7, 11) is -3.62.